The molecule has 0 fully saturated rings. The summed E-state index contributed by atoms with van der Waals surface area (Å²) in [5, 5.41) is 4.27. The molecule has 1 aliphatic rings. The van der Waals surface area contributed by atoms with Crippen LogP contribution in [-0.4, -0.2) is 17.5 Å². The number of carbonyl (C=O) groups is 1. The zero-order valence-electron chi connectivity index (χ0n) is 14.1. The Morgan fingerprint density at radius 3 is 2.92 bits per heavy atom. The molecular weight excluding hydrogens is 416 g/mol. The van der Waals surface area contributed by atoms with Crippen LogP contribution in [0.15, 0.2) is 46.9 Å². The van der Waals surface area contributed by atoms with Gasteiger partial charge in [-0.25, -0.2) is 0 Å². The standard InChI is InChI=1S/C20H16BrClN2O2/c1-11-17(18(22)13-6-4-7-14(21)19(13)23-11)20(25)24-15-9-10-26-16-8-3-2-5-12(15)16/h2-8,15H,9-10H2,1H3,(H,24,25)/t15-/m0/s1. The van der Waals surface area contributed by atoms with E-state index in [-0.39, 0.29) is 11.9 Å². The highest BCUT2D eigenvalue weighted by Gasteiger charge is 2.26. The molecule has 0 saturated heterocycles. The fourth-order valence-electron chi connectivity index (χ4n) is 3.31. The first kappa shape index (κ1) is 17.3. The van der Waals surface area contributed by atoms with E-state index in [0.717, 1.165) is 26.7 Å². The predicted molar refractivity (Wildman–Crippen MR) is 106 cm³/mol. The number of hydrogen-bond acceptors (Lipinski definition) is 3. The largest absolute Gasteiger partial charge is 0.493 e. The Hall–Kier alpha value is -2.11. The highest BCUT2D eigenvalue weighted by molar-refractivity contribution is 9.10. The van der Waals surface area contributed by atoms with E-state index in [1.54, 1.807) is 6.92 Å². The number of hydrogen-bond donors (Lipinski definition) is 1. The fourth-order valence-corrected chi connectivity index (χ4v) is 4.14. The number of carbonyl (C=O) groups excluding carboxylic acids is 1. The summed E-state index contributed by atoms with van der Waals surface area (Å²) >= 11 is 10.1. The van der Waals surface area contributed by atoms with Crippen LogP contribution in [0.1, 0.15) is 34.1 Å². The number of rotatable bonds is 2. The first-order valence-corrected chi connectivity index (χ1v) is 9.50. The van der Waals surface area contributed by atoms with Gasteiger partial charge in [-0.3, -0.25) is 9.78 Å². The monoisotopic (exact) mass is 430 g/mol. The minimum Gasteiger partial charge on any atom is -0.493 e. The summed E-state index contributed by atoms with van der Waals surface area (Å²) < 4.78 is 6.52. The Bertz CT molecular complexity index is 1020. The summed E-state index contributed by atoms with van der Waals surface area (Å²) in [5.74, 6) is 0.594. The molecule has 1 aliphatic heterocycles. The van der Waals surface area contributed by atoms with E-state index in [4.69, 9.17) is 16.3 Å². The number of halogens is 2. The fraction of sp³-hybridized carbons (Fsp3) is 0.200. The molecule has 2 heterocycles. The molecule has 3 aromatic rings. The van der Waals surface area contributed by atoms with Crippen molar-refractivity contribution < 1.29 is 9.53 Å². The van der Waals surface area contributed by atoms with Gasteiger partial charge in [0, 0.05) is 21.8 Å². The molecule has 2 aromatic carbocycles. The maximum Gasteiger partial charge on any atom is 0.255 e. The Balaban J connectivity index is 1.72. The summed E-state index contributed by atoms with van der Waals surface area (Å²) in [6, 6.07) is 13.3. The van der Waals surface area contributed by atoms with Gasteiger partial charge in [0.1, 0.15) is 5.75 Å². The molecule has 132 valence electrons. The van der Waals surface area contributed by atoms with Crippen LogP contribution in [0.4, 0.5) is 0 Å². The molecule has 0 bridgehead atoms. The average molecular weight is 432 g/mol. The first-order chi connectivity index (χ1) is 12.6. The van der Waals surface area contributed by atoms with Crippen molar-refractivity contribution in [1.29, 1.82) is 0 Å². The van der Waals surface area contributed by atoms with Gasteiger partial charge < -0.3 is 10.1 Å². The van der Waals surface area contributed by atoms with Crippen LogP contribution in [0.2, 0.25) is 5.02 Å². The van der Waals surface area contributed by atoms with Gasteiger partial charge in [0.2, 0.25) is 0 Å². The van der Waals surface area contributed by atoms with Crippen LogP contribution in [0.3, 0.4) is 0 Å². The maximum atomic E-state index is 13.0. The second-order valence-electron chi connectivity index (χ2n) is 6.22. The number of ether oxygens (including phenoxy) is 1. The molecule has 1 atom stereocenters. The van der Waals surface area contributed by atoms with Gasteiger partial charge in [-0.15, -0.1) is 0 Å². The Morgan fingerprint density at radius 2 is 2.08 bits per heavy atom. The van der Waals surface area contributed by atoms with E-state index in [9.17, 15) is 4.79 Å². The SMILES string of the molecule is Cc1nc2c(Br)cccc2c(Cl)c1C(=O)N[C@H]1CCOc2ccccc21. The lowest BCUT2D eigenvalue weighted by Crippen LogP contribution is -2.32. The molecule has 6 heteroatoms. The lowest BCUT2D eigenvalue weighted by atomic mass is 10.00. The third kappa shape index (κ3) is 2.95. The van der Waals surface area contributed by atoms with E-state index in [1.165, 1.54) is 0 Å². The van der Waals surface area contributed by atoms with E-state index in [2.05, 4.69) is 26.2 Å². The van der Waals surface area contributed by atoms with Crippen LogP contribution in [0.25, 0.3) is 10.9 Å². The molecule has 1 amide bonds. The van der Waals surface area contributed by atoms with Crippen molar-refractivity contribution in [2.75, 3.05) is 6.61 Å². The number of fused-ring (bicyclic) bond motifs is 2. The van der Waals surface area contributed by atoms with Crippen LogP contribution in [-0.2, 0) is 0 Å². The number of pyridine rings is 1. The highest BCUT2D eigenvalue weighted by Crippen LogP contribution is 2.34. The third-order valence-corrected chi connectivity index (χ3v) is 5.61. The molecule has 26 heavy (non-hydrogen) atoms. The molecule has 0 radical (unpaired) electrons. The van der Waals surface area contributed by atoms with Gasteiger partial charge in [0.05, 0.1) is 34.4 Å². The van der Waals surface area contributed by atoms with Gasteiger partial charge in [-0.1, -0.05) is 41.9 Å². The van der Waals surface area contributed by atoms with Crippen molar-refractivity contribution >= 4 is 44.3 Å². The second kappa shape index (κ2) is 6.89. The van der Waals surface area contributed by atoms with E-state index in [1.807, 2.05) is 42.5 Å². The van der Waals surface area contributed by atoms with Gasteiger partial charge in [-0.05, 0) is 35.0 Å². The van der Waals surface area contributed by atoms with Gasteiger partial charge in [0.15, 0.2) is 0 Å². The molecular formula is C20H16BrClN2O2. The molecule has 4 nitrogen and oxygen atoms in total. The number of aryl methyl sites for hydroxylation is 1. The van der Waals surface area contributed by atoms with Crippen LogP contribution in [0.5, 0.6) is 5.75 Å². The quantitative estimate of drug-likeness (QED) is 0.606. The third-order valence-electron chi connectivity index (χ3n) is 4.57. The van der Waals surface area contributed by atoms with Crippen LogP contribution < -0.4 is 10.1 Å². The van der Waals surface area contributed by atoms with Gasteiger partial charge in [-0.2, -0.15) is 0 Å². The van der Waals surface area contributed by atoms with Gasteiger partial charge in [0.25, 0.3) is 5.91 Å². The number of nitrogens with zero attached hydrogens (tertiary/aromatic N) is 1. The maximum absolute atomic E-state index is 13.0. The Kier molecular flexibility index (Phi) is 4.59. The van der Waals surface area contributed by atoms with Crippen molar-refractivity contribution in [1.82, 2.24) is 10.3 Å². The van der Waals surface area contributed by atoms with Crippen LogP contribution in [0, 0.1) is 6.92 Å². The molecule has 0 saturated carbocycles. The Labute approximate surface area is 164 Å². The van der Waals surface area contributed by atoms with E-state index in [0.29, 0.717) is 29.3 Å². The zero-order valence-corrected chi connectivity index (χ0v) is 16.4. The topological polar surface area (TPSA) is 51.2 Å². The summed E-state index contributed by atoms with van der Waals surface area (Å²) in [6.45, 7) is 2.37. The normalized spacial score (nSPS) is 16.0. The molecule has 1 N–H and O–H groups in total. The number of para-hydroxylation sites is 2. The predicted octanol–water partition coefficient (Wildman–Crippen LogP) is 5.21. The van der Waals surface area contributed by atoms with Crippen molar-refractivity contribution in [2.24, 2.45) is 0 Å². The first-order valence-electron chi connectivity index (χ1n) is 8.33. The average Bonchev–Trinajstić information content (AvgIpc) is 2.63. The summed E-state index contributed by atoms with van der Waals surface area (Å²) in [6.07, 6.45) is 0.714. The number of benzene rings is 2. The Morgan fingerprint density at radius 1 is 1.27 bits per heavy atom. The van der Waals surface area contributed by atoms with Crippen molar-refractivity contribution in [3.63, 3.8) is 0 Å². The second-order valence-corrected chi connectivity index (χ2v) is 7.46. The molecule has 1 aromatic heterocycles. The van der Waals surface area contributed by atoms with Gasteiger partial charge >= 0.3 is 0 Å². The minimum absolute atomic E-state index is 0.110. The number of nitrogens with one attached hydrogen (secondary N) is 1. The molecule has 0 unspecified atom stereocenters. The summed E-state index contributed by atoms with van der Waals surface area (Å²) in [4.78, 5) is 17.6. The molecule has 0 spiro atoms. The van der Waals surface area contributed by atoms with Crippen LogP contribution >= 0.6 is 27.5 Å². The lowest BCUT2D eigenvalue weighted by Gasteiger charge is -2.27. The van der Waals surface area contributed by atoms with E-state index >= 15 is 0 Å². The van der Waals surface area contributed by atoms with Crippen molar-refractivity contribution in [3.8, 4) is 5.75 Å². The molecule has 0 aliphatic carbocycles. The van der Waals surface area contributed by atoms with Crippen molar-refractivity contribution in [2.45, 2.75) is 19.4 Å². The molecule has 4 rings (SSSR count). The van der Waals surface area contributed by atoms with E-state index < -0.39 is 0 Å². The summed E-state index contributed by atoms with van der Waals surface area (Å²) in [5.41, 5.74) is 2.76. The number of amides is 1. The number of aromatic nitrogens is 1. The zero-order chi connectivity index (χ0) is 18.3. The smallest absolute Gasteiger partial charge is 0.255 e. The highest BCUT2D eigenvalue weighted by atomic mass is 79.9. The van der Waals surface area contributed by atoms with Crippen molar-refractivity contribution in [3.05, 3.63) is 68.8 Å². The minimum atomic E-state index is -0.219. The summed E-state index contributed by atoms with van der Waals surface area (Å²) in [7, 11) is 0. The lowest BCUT2D eigenvalue weighted by molar-refractivity contribution is 0.0924.